The highest BCUT2D eigenvalue weighted by atomic mass is 16.5. The molecular formula is C31H38N8O2. The lowest BCUT2D eigenvalue weighted by Crippen LogP contribution is -2.44. The fraction of sp³-hybridized carbons (Fsp3) is 0.419. The number of hydrogen-bond donors (Lipinski definition) is 1. The van der Waals surface area contributed by atoms with E-state index in [4.69, 9.17) is 14.7 Å². The van der Waals surface area contributed by atoms with Crippen LogP contribution in [0, 0.1) is 5.92 Å². The maximum absolute atomic E-state index is 13.9. The number of ether oxygens (including phenoxy) is 1. The molecule has 2 aliphatic heterocycles. The Morgan fingerprint density at radius 1 is 0.976 bits per heavy atom. The molecule has 0 aliphatic carbocycles. The largest absolute Gasteiger partial charge is 0.494 e. The van der Waals surface area contributed by atoms with Gasteiger partial charge in [0.05, 0.1) is 19.0 Å². The van der Waals surface area contributed by atoms with Gasteiger partial charge < -0.3 is 24.8 Å². The van der Waals surface area contributed by atoms with Crippen molar-refractivity contribution in [3.05, 3.63) is 65.1 Å². The van der Waals surface area contributed by atoms with Crippen LogP contribution in [0.15, 0.2) is 59.5 Å². The van der Waals surface area contributed by atoms with Crippen LogP contribution in [0.5, 0.6) is 5.75 Å². The Hall–Kier alpha value is -4.02. The number of benzene rings is 2. The van der Waals surface area contributed by atoms with Gasteiger partial charge >= 0.3 is 0 Å². The summed E-state index contributed by atoms with van der Waals surface area (Å²) in [6.07, 6.45) is 3.90. The number of methoxy groups -OCH3 is 1. The summed E-state index contributed by atoms with van der Waals surface area (Å²) in [5.74, 6) is 1.46. The quantitative estimate of drug-likeness (QED) is 0.367. The number of piperazine rings is 1. The lowest BCUT2D eigenvalue weighted by Gasteiger charge is -2.34. The molecule has 0 amide bonds. The van der Waals surface area contributed by atoms with E-state index in [1.807, 2.05) is 36.4 Å². The van der Waals surface area contributed by atoms with Gasteiger partial charge in [-0.3, -0.25) is 9.36 Å². The highest BCUT2D eigenvalue weighted by Gasteiger charge is 2.22. The molecule has 2 aliphatic rings. The molecule has 0 spiro atoms. The third-order valence-electron chi connectivity index (χ3n) is 8.20. The number of nitrogens with zero attached hydrogens (tertiary/aromatic N) is 7. The van der Waals surface area contributed by atoms with Gasteiger partial charge in [-0.2, -0.15) is 4.98 Å². The fourth-order valence-electron chi connectivity index (χ4n) is 5.90. The molecule has 1 N–H and O–H groups in total. The summed E-state index contributed by atoms with van der Waals surface area (Å²) in [6.45, 7) is 6.64. The van der Waals surface area contributed by atoms with Crippen LogP contribution in [0.3, 0.4) is 0 Å². The van der Waals surface area contributed by atoms with Crippen molar-refractivity contribution in [2.45, 2.75) is 19.4 Å². The maximum Gasteiger partial charge on any atom is 0.278 e. The Bertz CT molecular complexity index is 1570. The third kappa shape index (κ3) is 5.89. The predicted octanol–water partition coefficient (Wildman–Crippen LogP) is 3.70. The number of hydrogen-bond acceptors (Lipinski definition) is 9. The SMILES string of the molecule is COc1cc(N2CCN(C)CC2)ccc1Nc1ncc2nc(-c3ccccc3)c(=O)n(C[C@H]3CCCN(C)C3)c2n1. The molecule has 6 rings (SSSR count). The second kappa shape index (κ2) is 11.8. The van der Waals surface area contributed by atoms with Crippen LogP contribution in [0.1, 0.15) is 12.8 Å². The second-order valence-electron chi connectivity index (χ2n) is 11.2. The van der Waals surface area contributed by atoms with Gasteiger partial charge in [-0.25, -0.2) is 9.97 Å². The molecule has 2 aromatic heterocycles. The molecule has 10 heteroatoms. The van der Waals surface area contributed by atoms with E-state index in [1.54, 1.807) is 17.9 Å². The van der Waals surface area contributed by atoms with Crippen LogP contribution in [0.4, 0.5) is 17.3 Å². The first-order chi connectivity index (χ1) is 20.0. The summed E-state index contributed by atoms with van der Waals surface area (Å²) in [6, 6.07) is 15.8. The molecule has 214 valence electrons. The van der Waals surface area contributed by atoms with Crippen LogP contribution in [-0.4, -0.2) is 89.8 Å². The molecule has 41 heavy (non-hydrogen) atoms. The van der Waals surface area contributed by atoms with Gasteiger partial charge in [0, 0.05) is 56.6 Å². The van der Waals surface area contributed by atoms with E-state index in [0.717, 1.165) is 69.0 Å². The number of rotatable bonds is 7. The van der Waals surface area contributed by atoms with Crippen molar-refractivity contribution in [1.29, 1.82) is 0 Å². The Morgan fingerprint density at radius 2 is 1.78 bits per heavy atom. The summed E-state index contributed by atoms with van der Waals surface area (Å²) >= 11 is 0. The van der Waals surface area contributed by atoms with Gasteiger partial charge in [0.15, 0.2) is 5.65 Å². The molecule has 2 fully saturated rings. The Balaban J connectivity index is 1.35. The van der Waals surface area contributed by atoms with Crippen molar-refractivity contribution < 1.29 is 4.74 Å². The van der Waals surface area contributed by atoms with Gasteiger partial charge in [-0.1, -0.05) is 30.3 Å². The average Bonchev–Trinajstić information content (AvgIpc) is 2.99. The molecule has 2 aromatic carbocycles. The van der Waals surface area contributed by atoms with Gasteiger partial charge in [-0.05, 0) is 51.5 Å². The minimum absolute atomic E-state index is 0.129. The first-order valence-electron chi connectivity index (χ1n) is 14.4. The zero-order valence-corrected chi connectivity index (χ0v) is 24.1. The maximum atomic E-state index is 13.9. The Morgan fingerprint density at radius 3 is 2.54 bits per heavy atom. The number of anilines is 3. The van der Waals surface area contributed by atoms with Crippen molar-refractivity contribution in [3.8, 4) is 17.0 Å². The Kier molecular flexibility index (Phi) is 7.84. The van der Waals surface area contributed by atoms with Crippen LogP contribution < -0.4 is 20.5 Å². The lowest BCUT2D eigenvalue weighted by molar-refractivity contribution is 0.194. The summed E-state index contributed by atoms with van der Waals surface area (Å²) in [7, 11) is 5.96. The minimum atomic E-state index is -0.129. The van der Waals surface area contributed by atoms with E-state index in [1.165, 1.54) is 0 Å². The van der Waals surface area contributed by atoms with Crippen LogP contribution in [0.2, 0.25) is 0 Å². The zero-order chi connectivity index (χ0) is 28.3. The number of piperidine rings is 1. The standard InChI is InChI=1S/C31H38N8O2/c1-36-14-16-38(17-15-36)24-11-12-25(27(18-24)41-3)34-31-32-19-26-29(35-31)39(21-22-8-7-13-37(2)20-22)30(40)28(33-26)23-9-5-4-6-10-23/h4-6,9-12,18-19,22H,7-8,13-17,20-21H2,1-3H3,(H,32,34,35)/t22-/m0/s1. The summed E-state index contributed by atoms with van der Waals surface area (Å²) in [5.41, 5.74) is 4.11. The van der Waals surface area contributed by atoms with Crippen molar-refractivity contribution in [2.75, 3.05) is 70.7 Å². The van der Waals surface area contributed by atoms with Gasteiger partial charge in [-0.15, -0.1) is 0 Å². The van der Waals surface area contributed by atoms with E-state index < -0.39 is 0 Å². The molecule has 0 radical (unpaired) electrons. The fourth-order valence-corrected chi connectivity index (χ4v) is 5.90. The molecule has 4 heterocycles. The van der Waals surface area contributed by atoms with Gasteiger partial charge in [0.25, 0.3) is 5.56 Å². The smallest absolute Gasteiger partial charge is 0.278 e. The minimum Gasteiger partial charge on any atom is -0.494 e. The highest BCUT2D eigenvalue weighted by Crippen LogP contribution is 2.32. The van der Waals surface area contributed by atoms with E-state index in [2.05, 4.69) is 51.2 Å². The lowest BCUT2D eigenvalue weighted by atomic mass is 9.98. The number of aromatic nitrogens is 4. The Labute approximate surface area is 240 Å². The highest BCUT2D eigenvalue weighted by molar-refractivity contribution is 5.76. The zero-order valence-electron chi connectivity index (χ0n) is 24.1. The molecule has 10 nitrogen and oxygen atoms in total. The number of fused-ring (bicyclic) bond motifs is 1. The summed E-state index contributed by atoms with van der Waals surface area (Å²) in [5, 5.41) is 3.33. The second-order valence-corrected chi connectivity index (χ2v) is 11.2. The van der Waals surface area contributed by atoms with E-state index in [0.29, 0.717) is 41.0 Å². The summed E-state index contributed by atoms with van der Waals surface area (Å²) in [4.78, 5) is 35.1. The molecule has 0 bridgehead atoms. The van der Waals surface area contributed by atoms with Crippen molar-refractivity contribution in [3.63, 3.8) is 0 Å². The number of nitrogens with one attached hydrogen (secondary N) is 1. The van der Waals surface area contributed by atoms with Crippen LogP contribution in [-0.2, 0) is 6.54 Å². The topological polar surface area (TPSA) is 91.7 Å². The monoisotopic (exact) mass is 554 g/mol. The van der Waals surface area contributed by atoms with E-state index in [9.17, 15) is 4.79 Å². The summed E-state index contributed by atoms with van der Waals surface area (Å²) < 4.78 is 7.55. The van der Waals surface area contributed by atoms with Crippen molar-refractivity contribution in [2.24, 2.45) is 5.92 Å². The predicted molar refractivity (Wildman–Crippen MR) is 163 cm³/mol. The molecule has 0 saturated carbocycles. The van der Waals surface area contributed by atoms with Crippen LogP contribution in [0.25, 0.3) is 22.4 Å². The van der Waals surface area contributed by atoms with Crippen LogP contribution >= 0.6 is 0 Å². The van der Waals surface area contributed by atoms with Gasteiger partial charge in [0.2, 0.25) is 5.95 Å². The van der Waals surface area contributed by atoms with Gasteiger partial charge in [0.1, 0.15) is 17.0 Å². The normalized spacial score (nSPS) is 18.5. The number of likely N-dealkylation sites (N-methyl/N-ethyl adjacent to an activating group) is 1. The molecular weight excluding hydrogens is 516 g/mol. The molecule has 0 unspecified atom stereocenters. The molecule has 1 atom stereocenters. The first kappa shape index (κ1) is 27.2. The van der Waals surface area contributed by atoms with E-state index >= 15 is 0 Å². The molecule has 4 aromatic rings. The number of likely N-dealkylation sites (tertiary alicyclic amines) is 1. The molecule has 2 saturated heterocycles. The first-order valence-corrected chi connectivity index (χ1v) is 14.4. The van der Waals surface area contributed by atoms with Crippen molar-refractivity contribution in [1.82, 2.24) is 29.3 Å². The van der Waals surface area contributed by atoms with Crippen molar-refractivity contribution >= 4 is 28.5 Å². The third-order valence-corrected chi connectivity index (χ3v) is 8.20. The van der Waals surface area contributed by atoms with E-state index in [-0.39, 0.29) is 5.56 Å². The average molecular weight is 555 g/mol.